The highest BCUT2D eigenvalue weighted by molar-refractivity contribution is 6.15. The zero-order valence-corrected chi connectivity index (χ0v) is 18.0. The van der Waals surface area contributed by atoms with Gasteiger partial charge in [0.1, 0.15) is 11.5 Å². The number of hydrogen-bond acceptors (Lipinski definition) is 6. The Hall–Kier alpha value is -4.06. The molecule has 0 unspecified atom stereocenters. The van der Waals surface area contributed by atoms with Crippen LogP contribution in [-0.2, 0) is 11.2 Å². The lowest BCUT2D eigenvalue weighted by molar-refractivity contribution is -0.133. The van der Waals surface area contributed by atoms with Crippen molar-refractivity contribution >= 4 is 17.8 Å². The number of carbonyl (C=O) groups is 2. The molecule has 0 saturated carbocycles. The summed E-state index contributed by atoms with van der Waals surface area (Å²) in [6, 6.07) is 17.9. The van der Waals surface area contributed by atoms with Gasteiger partial charge in [0.05, 0.1) is 26.2 Å². The van der Waals surface area contributed by atoms with E-state index in [0.29, 0.717) is 34.1 Å². The van der Waals surface area contributed by atoms with Gasteiger partial charge in [-0.05, 0) is 48.4 Å². The lowest BCUT2D eigenvalue weighted by Gasteiger charge is -2.10. The van der Waals surface area contributed by atoms with E-state index in [9.17, 15) is 9.59 Å². The van der Waals surface area contributed by atoms with Crippen molar-refractivity contribution < 1.29 is 28.5 Å². The number of rotatable bonds is 6. The van der Waals surface area contributed by atoms with E-state index in [0.717, 1.165) is 11.1 Å². The number of benzene rings is 3. The Bertz CT molecular complexity index is 1210. The van der Waals surface area contributed by atoms with E-state index in [1.807, 2.05) is 30.3 Å². The molecule has 1 heterocycles. The summed E-state index contributed by atoms with van der Waals surface area (Å²) in [6.45, 7) is 1.76. The molecule has 0 bridgehead atoms. The van der Waals surface area contributed by atoms with E-state index < -0.39 is 0 Å². The number of carbonyl (C=O) groups excluding carboxylic acids is 2. The zero-order chi connectivity index (χ0) is 22.7. The number of hydrogen-bond donors (Lipinski definition) is 0. The van der Waals surface area contributed by atoms with Crippen LogP contribution in [0, 0.1) is 6.92 Å². The number of allylic oxidation sites excluding steroid dienone is 1. The SMILES string of the molecule is COc1ccc(/C=C2\Oc3c(ccc(OC(=O)Cc4ccccc4)c3C)C2=O)cc1OC. The summed E-state index contributed by atoms with van der Waals surface area (Å²) in [6.07, 6.45) is 1.80. The molecule has 0 atom stereocenters. The molecule has 32 heavy (non-hydrogen) atoms. The normalized spacial score (nSPS) is 13.5. The smallest absolute Gasteiger partial charge is 0.315 e. The van der Waals surface area contributed by atoms with Crippen molar-refractivity contribution in [1.82, 2.24) is 0 Å². The average Bonchev–Trinajstić information content (AvgIpc) is 3.12. The van der Waals surface area contributed by atoms with Gasteiger partial charge in [-0.2, -0.15) is 0 Å². The first-order chi connectivity index (χ1) is 15.5. The van der Waals surface area contributed by atoms with Crippen LogP contribution in [0.3, 0.4) is 0 Å². The highest BCUT2D eigenvalue weighted by Crippen LogP contribution is 2.39. The summed E-state index contributed by atoms with van der Waals surface area (Å²) >= 11 is 0. The Morgan fingerprint density at radius 3 is 2.38 bits per heavy atom. The fourth-order valence-electron chi connectivity index (χ4n) is 3.49. The number of Topliss-reactive ketones (excluding diaryl/α,β-unsaturated/α-hetero) is 1. The van der Waals surface area contributed by atoms with Crippen molar-refractivity contribution in [3.63, 3.8) is 0 Å². The second kappa shape index (κ2) is 8.98. The van der Waals surface area contributed by atoms with Gasteiger partial charge in [0.25, 0.3) is 0 Å². The molecule has 1 aliphatic heterocycles. The van der Waals surface area contributed by atoms with Gasteiger partial charge < -0.3 is 18.9 Å². The van der Waals surface area contributed by atoms with E-state index in [2.05, 4.69) is 0 Å². The average molecular weight is 430 g/mol. The van der Waals surface area contributed by atoms with Crippen molar-refractivity contribution in [2.75, 3.05) is 14.2 Å². The van der Waals surface area contributed by atoms with Gasteiger partial charge in [0, 0.05) is 5.56 Å². The minimum Gasteiger partial charge on any atom is -0.493 e. The molecule has 0 aliphatic carbocycles. The molecule has 0 aromatic heterocycles. The maximum atomic E-state index is 12.8. The first-order valence-electron chi connectivity index (χ1n) is 10.0. The van der Waals surface area contributed by atoms with Gasteiger partial charge in [-0.25, -0.2) is 0 Å². The summed E-state index contributed by atoms with van der Waals surface area (Å²) in [5, 5.41) is 0. The van der Waals surface area contributed by atoms with Crippen LogP contribution in [0.1, 0.15) is 27.0 Å². The van der Waals surface area contributed by atoms with Crippen molar-refractivity contribution in [2.24, 2.45) is 0 Å². The molecule has 0 saturated heterocycles. The Morgan fingerprint density at radius 2 is 1.66 bits per heavy atom. The zero-order valence-electron chi connectivity index (χ0n) is 18.0. The molecule has 6 heteroatoms. The van der Waals surface area contributed by atoms with Crippen LogP contribution < -0.4 is 18.9 Å². The van der Waals surface area contributed by atoms with E-state index in [-0.39, 0.29) is 23.9 Å². The van der Waals surface area contributed by atoms with Crippen LogP contribution in [0.2, 0.25) is 0 Å². The van der Waals surface area contributed by atoms with Gasteiger partial charge in [0.2, 0.25) is 5.78 Å². The third-order valence-corrected chi connectivity index (χ3v) is 5.16. The second-order valence-corrected chi connectivity index (χ2v) is 7.26. The predicted molar refractivity (Wildman–Crippen MR) is 119 cm³/mol. The summed E-state index contributed by atoms with van der Waals surface area (Å²) < 4.78 is 22.0. The van der Waals surface area contributed by atoms with Gasteiger partial charge in [-0.1, -0.05) is 36.4 Å². The molecular formula is C26H22O6. The first-order valence-corrected chi connectivity index (χ1v) is 10.0. The van der Waals surface area contributed by atoms with E-state index >= 15 is 0 Å². The van der Waals surface area contributed by atoms with Crippen molar-refractivity contribution in [2.45, 2.75) is 13.3 Å². The fraction of sp³-hybridized carbons (Fsp3) is 0.154. The molecular weight excluding hydrogens is 408 g/mol. The summed E-state index contributed by atoms with van der Waals surface area (Å²) in [5.74, 6) is 1.47. The second-order valence-electron chi connectivity index (χ2n) is 7.26. The maximum Gasteiger partial charge on any atom is 0.315 e. The largest absolute Gasteiger partial charge is 0.493 e. The van der Waals surface area contributed by atoms with Crippen LogP contribution in [0.15, 0.2) is 66.4 Å². The fourth-order valence-corrected chi connectivity index (χ4v) is 3.49. The third-order valence-electron chi connectivity index (χ3n) is 5.16. The van der Waals surface area contributed by atoms with E-state index in [1.54, 1.807) is 57.6 Å². The lowest BCUT2D eigenvalue weighted by atomic mass is 10.1. The summed E-state index contributed by atoms with van der Waals surface area (Å²) in [4.78, 5) is 25.2. The molecule has 3 aromatic rings. The Balaban J connectivity index is 1.55. The Kier molecular flexibility index (Phi) is 5.94. The Morgan fingerprint density at radius 1 is 0.938 bits per heavy atom. The molecule has 162 valence electrons. The van der Waals surface area contributed by atoms with Crippen LogP contribution in [0.4, 0.5) is 0 Å². The van der Waals surface area contributed by atoms with Crippen LogP contribution >= 0.6 is 0 Å². The molecule has 1 aliphatic rings. The number of esters is 1. The number of methoxy groups -OCH3 is 2. The van der Waals surface area contributed by atoms with Crippen molar-refractivity contribution in [3.05, 3.63) is 88.7 Å². The van der Waals surface area contributed by atoms with Crippen LogP contribution in [0.25, 0.3) is 6.08 Å². The van der Waals surface area contributed by atoms with Gasteiger partial charge in [0.15, 0.2) is 17.3 Å². The minimum absolute atomic E-state index is 0.154. The monoisotopic (exact) mass is 430 g/mol. The van der Waals surface area contributed by atoms with Gasteiger partial charge in [-0.15, -0.1) is 0 Å². The Labute approximate surface area is 186 Å². The highest BCUT2D eigenvalue weighted by Gasteiger charge is 2.30. The first kappa shape index (κ1) is 21.2. The molecule has 4 rings (SSSR count). The standard InChI is InChI=1S/C26H22O6/c1-16-20(31-24(27)15-17-7-5-4-6-8-17)12-10-19-25(28)23(32-26(16)19)14-18-9-11-21(29-2)22(13-18)30-3/h4-14H,15H2,1-3H3/b23-14-. The quantitative estimate of drug-likeness (QED) is 0.319. The molecule has 0 radical (unpaired) electrons. The molecule has 0 fully saturated rings. The van der Waals surface area contributed by atoms with E-state index in [1.165, 1.54) is 0 Å². The molecule has 3 aromatic carbocycles. The van der Waals surface area contributed by atoms with Gasteiger partial charge in [-0.3, -0.25) is 9.59 Å². The topological polar surface area (TPSA) is 71.1 Å². The summed E-state index contributed by atoms with van der Waals surface area (Å²) in [7, 11) is 3.11. The number of ether oxygens (including phenoxy) is 4. The number of fused-ring (bicyclic) bond motifs is 1. The summed E-state index contributed by atoms with van der Waals surface area (Å²) in [5.41, 5.74) is 2.61. The van der Waals surface area contributed by atoms with Crippen LogP contribution in [0.5, 0.6) is 23.0 Å². The van der Waals surface area contributed by atoms with Gasteiger partial charge >= 0.3 is 5.97 Å². The number of ketones is 1. The van der Waals surface area contributed by atoms with Crippen molar-refractivity contribution in [1.29, 1.82) is 0 Å². The predicted octanol–water partition coefficient (Wildman–Crippen LogP) is 4.78. The molecule has 0 spiro atoms. The molecule has 0 N–H and O–H groups in total. The van der Waals surface area contributed by atoms with E-state index in [4.69, 9.17) is 18.9 Å². The highest BCUT2D eigenvalue weighted by atomic mass is 16.5. The van der Waals surface area contributed by atoms with Crippen LogP contribution in [-0.4, -0.2) is 26.0 Å². The molecule has 0 amide bonds. The lowest BCUT2D eigenvalue weighted by Crippen LogP contribution is -2.12. The molecule has 6 nitrogen and oxygen atoms in total. The minimum atomic E-state index is -0.385. The maximum absolute atomic E-state index is 12.8. The van der Waals surface area contributed by atoms with Crippen molar-refractivity contribution in [3.8, 4) is 23.0 Å². The third kappa shape index (κ3) is 4.21.